The number of unbranched alkanes of at least 4 members (excludes halogenated alkanes) is 12. The van der Waals surface area contributed by atoms with Crippen LogP contribution >= 0.6 is 0 Å². The third-order valence-corrected chi connectivity index (χ3v) is 61.4. The Hall–Kier alpha value is 0.604. The molecule has 0 spiro atoms. The van der Waals surface area contributed by atoms with Crippen molar-refractivity contribution in [2.75, 3.05) is 79.3 Å². The van der Waals surface area contributed by atoms with E-state index in [1.807, 2.05) is 0 Å². The smallest absolute Gasteiger partial charge is 0.392 e. The molecule has 0 aromatic rings. The van der Waals surface area contributed by atoms with Gasteiger partial charge in [0.15, 0.2) is 0 Å². The van der Waals surface area contributed by atoms with Crippen LogP contribution in [0.25, 0.3) is 0 Å². The summed E-state index contributed by atoms with van der Waals surface area (Å²) in [5, 5.41) is 0. The van der Waals surface area contributed by atoms with Crippen molar-refractivity contribution in [3.8, 4) is 0 Å². The first-order chi connectivity index (χ1) is 31.7. The van der Waals surface area contributed by atoms with Crippen LogP contribution in [-0.4, -0.2) is 119 Å². The van der Waals surface area contributed by atoms with Crippen molar-refractivity contribution in [2.24, 2.45) is 0 Å². The van der Waals surface area contributed by atoms with Crippen LogP contribution in [0.5, 0.6) is 0 Å². The molecule has 0 heterocycles. The fourth-order valence-corrected chi connectivity index (χ4v) is 77.5. The lowest BCUT2D eigenvalue weighted by molar-refractivity contribution is 0.0395. The van der Waals surface area contributed by atoms with E-state index in [0.29, 0.717) is 79.3 Å². The molecular formula is C48H108O12Si5. The summed E-state index contributed by atoms with van der Waals surface area (Å²) >= 11 is 0. The SMILES string of the molecule is CCCCO[Si](OCCCC)(OCCCC)[Si](OCCCC)(OCCCC)[Si](OCCCC)(OCCCC)[Si](OCCCC)(OCCCC)[Si](OCCCC)(OCCCC)OCCCC. The Balaban J connectivity index is 10.1. The molecule has 17 heteroatoms. The Morgan fingerprint density at radius 2 is 0.292 bits per heavy atom. The van der Waals surface area contributed by atoms with E-state index in [4.69, 9.17) is 53.1 Å². The summed E-state index contributed by atoms with van der Waals surface area (Å²) in [6.07, 6.45) is 20.8. The van der Waals surface area contributed by atoms with Gasteiger partial charge in [-0.15, -0.1) is 0 Å². The summed E-state index contributed by atoms with van der Waals surface area (Å²) in [6.45, 7) is 31.3. The van der Waals surface area contributed by atoms with E-state index >= 15 is 0 Å². The van der Waals surface area contributed by atoms with Crippen LogP contribution in [0.4, 0.5) is 0 Å². The lowest BCUT2D eigenvalue weighted by Gasteiger charge is -2.56. The lowest BCUT2D eigenvalue weighted by Crippen LogP contribution is -2.99. The molecule has 0 unspecified atom stereocenters. The van der Waals surface area contributed by atoms with Gasteiger partial charge in [-0.1, -0.05) is 160 Å². The maximum atomic E-state index is 8.05. The second-order valence-electron chi connectivity index (χ2n) is 17.4. The Morgan fingerprint density at radius 3 is 0.431 bits per heavy atom. The van der Waals surface area contributed by atoms with Crippen LogP contribution < -0.4 is 0 Å². The van der Waals surface area contributed by atoms with Crippen LogP contribution in [0.15, 0.2) is 0 Å². The monoisotopic (exact) mass is 1020 g/mol. The van der Waals surface area contributed by atoms with E-state index in [1.165, 1.54) is 0 Å². The molecular weight excluding hydrogens is 909 g/mol. The molecule has 0 aromatic carbocycles. The van der Waals surface area contributed by atoms with Gasteiger partial charge in [-0.3, -0.25) is 0 Å². The second-order valence-corrected chi connectivity index (χ2v) is 46.8. The number of hydrogen-bond acceptors (Lipinski definition) is 12. The average Bonchev–Trinajstić information content (AvgIpc) is 3.30. The minimum Gasteiger partial charge on any atom is -0.392 e. The second kappa shape index (κ2) is 42.3. The molecule has 0 aliphatic carbocycles. The zero-order valence-electron chi connectivity index (χ0n) is 44.9. The van der Waals surface area contributed by atoms with E-state index in [9.17, 15) is 0 Å². The van der Waals surface area contributed by atoms with Gasteiger partial charge < -0.3 is 53.1 Å². The van der Waals surface area contributed by atoms with E-state index < -0.39 is 39.4 Å². The van der Waals surface area contributed by atoms with Crippen molar-refractivity contribution < 1.29 is 53.1 Å². The molecule has 0 saturated heterocycles. The van der Waals surface area contributed by atoms with E-state index in [0.717, 1.165) is 154 Å². The molecule has 0 N–H and O–H groups in total. The average molecular weight is 1020 g/mol. The summed E-state index contributed by atoms with van der Waals surface area (Å²) in [5.41, 5.74) is 0. The highest BCUT2D eigenvalue weighted by atomic mass is 30.0. The molecule has 0 aromatic heterocycles. The first-order valence-corrected chi connectivity index (χ1v) is 40.3. The zero-order valence-corrected chi connectivity index (χ0v) is 49.9. The molecule has 0 fully saturated rings. The third-order valence-electron chi connectivity index (χ3n) is 11.2. The Morgan fingerprint density at radius 1 is 0.169 bits per heavy atom. The van der Waals surface area contributed by atoms with Gasteiger partial charge in [0.05, 0.1) is 0 Å². The van der Waals surface area contributed by atoms with Crippen LogP contribution in [-0.2, 0) is 53.1 Å². The maximum absolute atomic E-state index is 8.05. The Kier molecular flexibility index (Phi) is 42.7. The highest BCUT2D eigenvalue weighted by molar-refractivity contribution is 7.83. The number of hydrogen-bond donors (Lipinski definition) is 0. The highest BCUT2D eigenvalue weighted by Crippen LogP contribution is 2.47. The molecule has 65 heavy (non-hydrogen) atoms. The lowest BCUT2D eigenvalue weighted by atomic mass is 10.4. The summed E-state index contributed by atoms with van der Waals surface area (Å²) in [4.78, 5) is 0. The quantitative estimate of drug-likeness (QED) is 0.0427. The van der Waals surface area contributed by atoms with Crippen LogP contribution in [0.1, 0.15) is 237 Å². The van der Waals surface area contributed by atoms with Gasteiger partial charge >= 0.3 is 39.4 Å². The predicted molar refractivity (Wildman–Crippen MR) is 279 cm³/mol. The summed E-state index contributed by atoms with van der Waals surface area (Å²) < 4.78 is 93.1. The van der Waals surface area contributed by atoms with Crippen LogP contribution in [0, 0.1) is 0 Å². The van der Waals surface area contributed by atoms with E-state index in [-0.39, 0.29) is 0 Å². The van der Waals surface area contributed by atoms with Crippen molar-refractivity contribution in [3.05, 3.63) is 0 Å². The Labute approximate surface area is 407 Å². The van der Waals surface area contributed by atoms with Gasteiger partial charge in [-0.05, 0) is 77.0 Å². The standard InChI is InChI=1S/C48H108O12Si5/c1-13-25-37-49-61(50-38-26-14-2,51-39-27-15-3)63(55-43-31-19-7,56-44-32-20-8)65(59-47-35-23-11,60-48-36-24-12)64(57-45-33-21-9,58-46-34-22-10)62(52-40-28-16-4,53-41-29-17-5)54-42-30-18-6/h13-48H2,1-12H3. The molecule has 0 radical (unpaired) electrons. The third kappa shape index (κ3) is 21.5. The fraction of sp³-hybridized carbons (Fsp3) is 1.00. The highest BCUT2D eigenvalue weighted by Gasteiger charge is 2.97. The van der Waals surface area contributed by atoms with Crippen molar-refractivity contribution in [2.45, 2.75) is 237 Å². The predicted octanol–water partition coefficient (Wildman–Crippen LogP) is 13.3. The molecule has 0 aliphatic rings. The summed E-state index contributed by atoms with van der Waals surface area (Å²) in [6, 6.07) is 0. The van der Waals surface area contributed by atoms with Crippen molar-refractivity contribution in [1.29, 1.82) is 0 Å². The molecule has 12 nitrogen and oxygen atoms in total. The molecule has 0 bridgehead atoms. The largest absolute Gasteiger partial charge is 0.541 e. The normalized spacial score (nSPS) is 13.1. The van der Waals surface area contributed by atoms with Crippen molar-refractivity contribution in [3.63, 3.8) is 0 Å². The number of rotatable bonds is 52. The topological polar surface area (TPSA) is 111 Å². The Bertz CT molecular complexity index is 888. The van der Waals surface area contributed by atoms with E-state index in [2.05, 4.69) is 83.1 Å². The summed E-state index contributed by atoms with van der Waals surface area (Å²) in [7, 11) is -21.7. The van der Waals surface area contributed by atoms with Gasteiger partial charge in [0.2, 0.25) is 0 Å². The van der Waals surface area contributed by atoms with Gasteiger partial charge in [-0.25, -0.2) is 0 Å². The molecule has 0 saturated carbocycles. The van der Waals surface area contributed by atoms with Crippen molar-refractivity contribution >= 4 is 39.4 Å². The minimum absolute atomic E-state index is 0.383. The molecule has 0 amide bonds. The van der Waals surface area contributed by atoms with Crippen molar-refractivity contribution in [1.82, 2.24) is 0 Å². The first kappa shape index (κ1) is 65.6. The van der Waals surface area contributed by atoms with E-state index in [1.54, 1.807) is 0 Å². The van der Waals surface area contributed by atoms with Gasteiger partial charge in [0.25, 0.3) is 0 Å². The van der Waals surface area contributed by atoms with Gasteiger partial charge in [-0.2, -0.15) is 0 Å². The molecule has 392 valence electrons. The molecule has 0 atom stereocenters. The fourth-order valence-electron chi connectivity index (χ4n) is 6.95. The maximum Gasteiger partial charge on any atom is 0.541 e. The zero-order chi connectivity index (χ0) is 48.4. The minimum atomic E-state index is -4.50. The van der Waals surface area contributed by atoms with Crippen LogP contribution in [0.2, 0.25) is 0 Å². The van der Waals surface area contributed by atoms with Crippen LogP contribution in [0.3, 0.4) is 0 Å². The first-order valence-electron chi connectivity index (χ1n) is 27.4. The summed E-state index contributed by atoms with van der Waals surface area (Å²) in [5.74, 6) is 0. The van der Waals surface area contributed by atoms with Gasteiger partial charge in [0, 0.05) is 79.3 Å². The molecule has 0 rings (SSSR count). The van der Waals surface area contributed by atoms with Gasteiger partial charge in [0.1, 0.15) is 0 Å². The molecule has 0 aliphatic heterocycles.